The van der Waals surface area contributed by atoms with E-state index in [4.69, 9.17) is 0 Å². The van der Waals surface area contributed by atoms with Crippen molar-refractivity contribution in [2.24, 2.45) is 11.8 Å². The van der Waals surface area contributed by atoms with Crippen LogP contribution >= 0.6 is 0 Å². The number of nitrogens with one attached hydrogen (secondary N) is 1. The van der Waals surface area contributed by atoms with Gasteiger partial charge in [0.05, 0.1) is 5.92 Å². The molecule has 4 nitrogen and oxygen atoms in total. The first-order valence-electron chi connectivity index (χ1n) is 8.88. The molecule has 122 valence electrons. The third-order valence-electron chi connectivity index (χ3n) is 5.04. The Kier molecular flexibility index (Phi) is 6.97. The predicted octanol–water partition coefficient (Wildman–Crippen LogP) is 1.96. The summed E-state index contributed by atoms with van der Waals surface area (Å²) in [5.41, 5.74) is 0. The zero-order chi connectivity index (χ0) is 15.1. The minimum absolute atomic E-state index is 0.238. The first-order chi connectivity index (χ1) is 10.2. The highest BCUT2D eigenvalue weighted by molar-refractivity contribution is 5.79. The standard InChI is InChI=1S/C17H33N3O/c1-3-4-10-19(2)14-15-7-11-20(12-8-15)17(21)16-6-5-9-18-13-16/h15-16,18H,3-14H2,1-2H3. The normalized spacial score (nSPS) is 24.5. The van der Waals surface area contributed by atoms with Gasteiger partial charge in [0.2, 0.25) is 5.91 Å². The van der Waals surface area contributed by atoms with Crippen molar-refractivity contribution in [1.29, 1.82) is 0 Å². The van der Waals surface area contributed by atoms with Gasteiger partial charge in [0.15, 0.2) is 0 Å². The van der Waals surface area contributed by atoms with Crippen LogP contribution in [0, 0.1) is 11.8 Å². The van der Waals surface area contributed by atoms with Crippen molar-refractivity contribution in [2.45, 2.75) is 45.4 Å². The van der Waals surface area contributed by atoms with Crippen molar-refractivity contribution >= 4 is 5.91 Å². The molecule has 2 heterocycles. The fourth-order valence-corrected chi connectivity index (χ4v) is 3.62. The Bertz CT molecular complexity index is 307. The fraction of sp³-hybridized carbons (Fsp3) is 0.941. The smallest absolute Gasteiger partial charge is 0.226 e. The third kappa shape index (κ3) is 5.26. The summed E-state index contributed by atoms with van der Waals surface area (Å²) in [4.78, 5) is 17.1. The lowest BCUT2D eigenvalue weighted by molar-refractivity contribution is -0.137. The molecule has 0 spiro atoms. The molecule has 1 unspecified atom stereocenters. The second-order valence-electron chi connectivity index (χ2n) is 6.93. The molecule has 2 rings (SSSR count). The number of nitrogens with zero attached hydrogens (tertiary/aromatic N) is 2. The number of carbonyl (C=O) groups excluding carboxylic acids is 1. The van der Waals surface area contributed by atoms with Crippen molar-refractivity contribution in [3.05, 3.63) is 0 Å². The summed E-state index contributed by atoms with van der Waals surface area (Å²) in [7, 11) is 2.24. The Morgan fingerprint density at radius 2 is 2.05 bits per heavy atom. The molecule has 1 atom stereocenters. The molecule has 0 bridgehead atoms. The van der Waals surface area contributed by atoms with E-state index in [1.807, 2.05) is 0 Å². The number of amides is 1. The number of likely N-dealkylation sites (tertiary alicyclic amines) is 1. The molecular weight excluding hydrogens is 262 g/mol. The van der Waals surface area contributed by atoms with Crippen LogP contribution in [0.25, 0.3) is 0 Å². The molecule has 1 amide bonds. The maximum atomic E-state index is 12.5. The van der Waals surface area contributed by atoms with E-state index in [-0.39, 0.29) is 5.92 Å². The van der Waals surface area contributed by atoms with Gasteiger partial charge in [-0.05, 0) is 58.2 Å². The average Bonchev–Trinajstić information content (AvgIpc) is 2.54. The summed E-state index contributed by atoms with van der Waals surface area (Å²) in [6, 6.07) is 0. The van der Waals surface area contributed by atoms with Crippen LogP contribution in [-0.2, 0) is 4.79 Å². The van der Waals surface area contributed by atoms with Crippen molar-refractivity contribution in [2.75, 3.05) is 46.3 Å². The van der Waals surface area contributed by atoms with Crippen molar-refractivity contribution in [3.8, 4) is 0 Å². The summed E-state index contributed by atoms with van der Waals surface area (Å²) in [5.74, 6) is 1.42. The highest BCUT2D eigenvalue weighted by atomic mass is 16.2. The van der Waals surface area contributed by atoms with Crippen LogP contribution in [0.5, 0.6) is 0 Å². The van der Waals surface area contributed by atoms with E-state index in [9.17, 15) is 4.79 Å². The highest BCUT2D eigenvalue weighted by Gasteiger charge is 2.29. The topological polar surface area (TPSA) is 35.6 Å². The minimum atomic E-state index is 0.238. The van der Waals surface area contributed by atoms with E-state index in [1.165, 1.54) is 38.8 Å². The molecule has 1 N–H and O–H groups in total. The number of hydrogen-bond acceptors (Lipinski definition) is 3. The van der Waals surface area contributed by atoms with Gasteiger partial charge < -0.3 is 15.1 Å². The average molecular weight is 295 g/mol. The lowest BCUT2D eigenvalue weighted by atomic mass is 9.93. The summed E-state index contributed by atoms with van der Waals surface area (Å²) in [6.45, 7) is 8.58. The van der Waals surface area contributed by atoms with Crippen LogP contribution in [0.3, 0.4) is 0 Å². The number of rotatable bonds is 6. The molecule has 4 heteroatoms. The van der Waals surface area contributed by atoms with Gasteiger partial charge in [-0.2, -0.15) is 0 Å². The van der Waals surface area contributed by atoms with Crippen LogP contribution in [0.2, 0.25) is 0 Å². The monoisotopic (exact) mass is 295 g/mol. The van der Waals surface area contributed by atoms with Gasteiger partial charge in [0, 0.05) is 26.2 Å². The zero-order valence-electron chi connectivity index (χ0n) is 13.9. The largest absolute Gasteiger partial charge is 0.342 e. The lowest BCUT2D eigenvalue weighted by Gasteiger charge is -2.36. The number of carbonyl (C=O) groups is 1. The summed E-state index contributed by atoms with van der Waals surface area (Å²) < 4.78 is 0. The number of piperidine rings is 2. The van der Waals surface area contributed by atoms with Gasteiger partial charge in [-0.15, -0.1) is 0 Å². The quantitative estimate of drug-likeness (QED) is 0.813. The zero-order valence-corrected chi connectivity index (χ0v) is 13.9. The van der Waals surface area contributed by atoms with Gasteiger partial charge in [0.1, 0.15) is 0 Å². The Morgan fingerprint density at radius 3 is 2.67 bits per heavy atom. The summed E-state index contributed by atoms with van der Waals surface area (Å²) in [5, 5.41) is 3.36. The van der Waals surface area contributed by atoms with Crippen LogP contribution in [0.1, 0.15) is 45.4 Å². The van der Waals surface area contributed by atoms with Crippen molar-refractivity contribution in [1.82, 2.24) is 15.1 Å². The predicted molar refractivity (Wildman–Crippen MR) is 87.3 cm³/mol. The number of hydrogen-bond donors (Lipinski definition) is 1. The molecule has 2 aliphatic rings. The molecule has 2 fully saturated rings. The maximum absolute atomic E-state index is 12.5. The molecule has 2 saturated heterocycles. The van der Waals surface area contributed by atoms with E-state index in [2.05, 4.69) is 29.1 Å². The third-order valence-corrected chi connectivity index (χ3v) is 5.04. The molecule has 0 aliphatic carbocycles. The fourth-order valence-electron chi connectivity index (χ4n) is 3.62. The van der Waals surface area contributed by atoms with E-state index >= 15 is 0 Å². The van der Waals surface area contributed by atoms with E-state index < -0.39 is 0 Å². The second-order valence-corrected chi connectivity index (χ2v) is 6.93. The second kappa shape index (κ2) is 8.74. The van der Waals surface area contributed by atoms with Gasteiger partial charge in [-0.25, -0.2) is 0 Å². The first kappa shape index (κ1) is 16.8. The lowest BCUT2D eigenvalue weighted by Crippen LogP contribution is -2.47. The van der Waals surface area contributed by atoms with Crippen LogP contribution in [0.15, 0.2) is 0 Å². The summed E-state index contributed by atoms with van der Waals surface area (Å²) in [6.07, 6.45) is 7.15. The maximum Gasteiger partial charge on any atom is 0.226 e. The molecule has 21 heavy (non-hydrogen) atoms. The van der Waals surface area contributed by atoms with Crippen molar-refractivity contribution in [3.63, 3.8) is 0 Å². The Balaban J connectivity index is 1.68. The van der Waals surface area contributed by atoms with E-state index in [0.29, 0.717) is 5.91 Å². The SMILES string of the molecule is CCCCN(C)CC1CCN(C(=O)C2CCCNC2)CC1. The van der Waals surface area contributed by atoms with Crippen LogP contribution in [-0.4, -0.2) is 62.0 Å². The molecule has 0 radical (unpaired) electrons. The Labute approximate surface area is 130 Å². The van der Waals surface area contributed by atoms with Crippen LogP contribution in [0.4, 0.5) is 0 Å². The van der Waals surface area contributed by atoms with E-state index in [0.717, 1.165) is 44.9 Å². The van der Waals surface area contributed by atoms with E-state index in [1.54, 1.807) is 0 Å². The Morgan fingerprint density at radius 1 is 1.29 bits per heavy atom. The Hall–Kier alpha value is -0.610. The molecular formula is C17H33N3O. The van der Waals surface area contributed by atoms with Gasteiger partial charge >= 0.3 is 0 Å². The molecule has 2 aliphatic heterocycles. The minimum Gasteiger partial charge on any atom is -0.342 e. The van der Waals surface area contributed by atoms with Gasteiger partial charge in [-0.1, -0.05) is 13.3 Å². The van der Waals surface area contributed by atoms with Gasteiger partial charge in [-0.3, -0.25) is 4.79 Å². The first-order valence-corrected chi connectivity index (χ1v) is 8.88. The van der Waals surface area contributed by atoms with Gasteiger partial charge in [0.25, 0.3) is 0 Å². The molecule has 0 aromatic heterocycles. The van der Waals surface area contributed by atoms with Crippen LogP contribution < -0.4 is 5.32 Å². The number of unbranched alkanes of at least 4 members (excludes halogenated alkanes) is 1. The summed E-state index contributed by atoms with van der Waals surface area (Å²) >= 11 is 0. The van der Waals surface area contributed by atoms with Crippen molar-refractivity contribution < 1.29 is 4.79 Å². The molecule has 0 aromatic rings. The molecule has 0 saturated carbocycles. The highest BCUT2D eigenvalue weighted by Crippen LogP contribution is 2.21. The molecule has 0 aromatic carbocycles.